The molecule has 8 nitrogen and oxygen atoms in total. The predicted molar refractivity (Wildman–Crippen MR) is 90.4 cm³/mol. The zero-order valence-corrected chi connectivity index (χ0v) is 14.5. The van der Waals surface area contributed by atoms with Crippen molar-refractivity contribution in [2.24, 2.45) is 0 Å². The van der Waals surface area contributed by atoms with E-state index in [1.165, 1.54) is 0 Å². The number of halogens is 1. The first-order valence-electron chi connectivity index (χ1n) is 8.03. The quantitative estimate of drug-likeness (QED) is 0.745. The van der Waals surface area contributed by atoms with E-state index in [2.05, 4.69) is 25.7 Å². The lowest BCUT2D eigenvalue weighted by molar-refractivity contribution is -0.00697. The van der Waals surface area contributed by atoms with E-state index in [0.29, 0.717) is 28.6 Å². The molecule has 0 aliphatic carbocycles. The van der Waals surface area contributed by atoms with Crippen molar-refractivity contribution in [3.63, 3.8) is 0 Å². The fourth-order valence-electron chi connectivity index (χ4n) is 3.16. The molecule has 0 aromatic carbocycles. The van der Waals surface area contributed by atoms with Crippen LogP contribution in [0.5, 0.6) is 0 Å². The van der Waals surface area contributed by atoms with Crippen LogP contribution in [0.4, 0.5) is 0 Å². The summed E-state index contributed by atoms with van der Waals surface area (Å²) in [6.45, 7) is 4.16. The number of ether oxygens (including phenoxy) is 1. The van der Waals surface area contributed by atoms with Crippen molar-refractivity contribution in [1.29, 1.82) is 0 Å². The van der Waals surface area contributed by atoms with Crippen molar-refractivity contribution in [2.45, 2.75) is 39.0 Å². The zero-order chi connectivity index (χ0) is 17.6. The summed E-state index contributed by atoms with van der Waals surface area (Å²) in [5, 5.41) is 18.6. The van der Waals surface area contributed by atoms with Gasteiger partial charge in [0, 0.05) is 18.2 Å². The highest BCUT2D eigenvalue weighted by molar-refractivity contribution is 6.33. The molecule has 1 aliphatic heterocycles. The Balaban J connectivity index is 1.54. The molecule has 2 N–H and O–H groups in total. The second-order valence-corrected chi connectivity index (χ2v) is 6.51. The molecule has 130 valence electrons. The number of hydrogen-bond acceptors (Lipinski definition) is 5. The minimum Gasteiger partial charge on any atom is -0.369 e. The van der Waals surface area contributed by atoms with E-state index in [1.807, 2.05) is 13.8 Å². The standard InChI is InChI=1S/C16H17ClN6O2/c1-8-6-10-13(9(2)25-8)20-21-14(10)16(24)18-7-12-19-22-15-11(17)4-3-5-23(12)15/h3-5,8-9H,6-7H2,1-2H3,(H,18,24)(H,20,21)/t8-,9+/m1/s1. The lowest BCUT2D eigenvalue weighted by Gasteiger charge is -2.25. The molecule has 0 radical (unpaired) electrons. The van der Waals surface area contributed by atoms with Gasteiger partial charge in [-0.2, -0.15) is 5.10 Å². The van der Waals surface area contributed by atoms with E-state index < -0.39 is 0 Å². The highest BCUT2D eigenvalue weighted by Crippen LogP contribution is 2.30. The molecule has 3 aromatic heterocycles. The van der Waals surface area contributed by atoms with Crippen molar-refractivity contribution < 1.29 is 9.53 Å². The summed E-state index contributed by atoms with van der Waals surface area (Å²) in [5.41, 5.74) is 2.75. The van der Waals surface area contributed by atoms with E-state index in [-0.39, 0.29) is 24.7 Å². The summed E-state index contributed by atoms with van der Waals surface area (Å²) in [7, 11) is 0. The molecule has 1 aliphatic rings. The molecular weight excluding hydrogens is 344 g/mol. The second kappa shape index (κ2) is 6.12. The number of aromatic nitrogens is 5. The zero-order valence-electron chi connectivity index (χ0n) is 13.8. The predicted octanol–water partition coefficient (Wildman–Crippen LogP) is 2.06. The molecule has 2 atom stereocenters. The number of hydrogen-bond donors (Lipinski definition) is 2. The first-order chi connectivity index (χ1) is 12.0. The fraction of sp³-hybridized carbons (Fsp3) is 0.375. The fourth-order valence-corrected chi connectivity index (χ4v) is 3.36. The van der Waals surface area contributed by atoms with Gasteiger partial charge >= 0.3 is 0 Å². The number of nitrogens with one attached hydrogen (secondary N) is 2. The number of nitrogens with zero attached hydrogens (tertiary/aromatic N) is 4. The van der Waals surface area contributed by atoms with Gasteiger partial charge in [-0.25, -0.2) is 0 Å². The van der Waals surface area contributed by atoms with Gasteiger partial charge < -0.3 is 10.1 Å². The van der Waals surface area contributed by atoms with E-state index in [4.69, 9.17) is 16.3 Å². The van der Waals surface area contributed by atoms with Gasteiger partial charge in [0.1, 0.15) is 0 Å². The molecule has 3 aromatic rings. The third kappa shape index (κ3) is 2.77. The van der Waals surface area contributed by atoms with Crippen LogP contribution in [0.15, 0.2) is 18.3 Å². The van der Waals surface area contributed by atoms with Gasteiger partial charge in [0.15, 0.2) is 17.2 Å². The number of carbonyl (C=O) groups is 1. The van der Waals surface area contributed by atoms with Crippen molar-refractivity contribution >= 4 is 23.2 Å². The minimum absolute atomic E-state index is 0.0502. The third-order valence-electron chi connectivity index (χ3n) is 4.31. The van der Waals surface area contributed by atoms with E-state index in [0.717, 1.165) is 11.3 Å². The largest absolute Gasteiger partial charge is 0.369 e. The maximum absolute atomic E-state index is 12.6. The summed E-state index contributed by atoms with van der Waals surface area (Å²) in [5.74, 6) is 0.345. The summed E-state index contributed by atoms with van der Waals surface area (Å²) in [4.78, 5) is 12.6. The first-order valence-corrected chi connectivity index (χ1v) is 8.41. The lowest BCUT2D eigenvalue weighted by Crippen LogP contribution is -2.28. The average Bonchev–Trinajstić information content (AvgIpc) is 3.17. The number of H-pyrrole nitrogens is 1. The molecule has 4 rings (SSSR count). The molecule has 0 fully saturated rings. The third-order valence-corrected chi connectivity index (χ3v) is 4.61. The van der Waals surface area contributed by atoms with E-state index >= 15 is 0 Å². The number of rotatable bonds is 3. The van der Waals surface area contributed by atoms with Gasteiger partial charge in [0.2, 0.25) is 0 Å². The van der Waals surface area contributed by atoms with Gasteiger partial charge in [-0.05, 0) is 26.0 Å². The molecular formula is C16H17ClN6O2. The Labute approximate surface area is 148 Å². The van der Waals surface area contributed by atoms with Crippen LogP contribution in [0.25, 0.3) is 5.65 Å². The van der Waals surface area contributed by atoms with Gasteiger partial charge in [-0.1, -0.05) is 11.6 Å². The van der Waals surface area contributed by atoms with Crippen LogP contribution in [-0.2, 0) is 17.7 Å². The Hall–Kier alpha value is -2.45. The van der Waals surface area contributed by atoms with E-state index in [9.17, 15) is 4.79 Å². The molecule has 0 unspecified atom stereocenters. The second-order valence-electron chi connectivity index (χ2n) is 6.11. The Morgan fingerprint density at radius 2 is 2.32 bits per heavy atom. The van der Waals surface area contributed by atoms with Gasteiger partial charge in [0.05, 0.1) is 29.5 Å². The van der Waals surface area contributed by atoms with E-state index in [1.54, 1.807) is 22.7 Å². The Bertz CT molecular complexity index is 949. The summed E-state index contributed by atoms with van der Waals surface area (Å²) < 4.78 is 7.50. The Morgan fingerprint density at radius 1 is 1.48 bits per heavy atom. The highest BCUT2D eigenvalue weighted by atomic mass is 35.5. The van der Waals surface area contributed by atoms with Crippen LogP contribution in [-0.4, -0.2) is 36.8 Å². The average molecular weight is 361 g/mol. The van der Waals surface area contributed by atoms with Crippen molar-refractivity contribution in [1.82, 2.24) is 30.1 Å². The van der Waals surface area contributed by atoms with Crippen molar-refractivity contribution in [3.05, 3.63) is 46.1 Å². The number of aromatic amines is 1. The SMILES string of the molecule is C[C@@H]1Cc2c(C(=O)NCc3nnc4c(Cl)cccn34)n[nH]c2[C@H](C)O1. The summed E-state index contributed by atoms with van der Waals surface area (Å²) >= 11 is 6.08. The minimum atomic E-state index is -0.252. The van der Waals surface area contributed by atoms with Crippen LogP contribution in [0.2, 0.25) is 5.02 Å². The Kier molecular flexibility index (Phi) is 3.93. The van der Waals surface area contributed by atoms with Crippen LogP contribution < -0.4 is 5.32 Å². The topological polar surface area (TPSA) is 97.2 Å². The lowest BCUT2D eigenvalue weighted by atomic mass is 9.99. The van der Waals surface area contributed by atoms with Gasteiger partial charge in [-0.15, -0.1) is 10.2 Å². The van der Waals surface area contributed by atoms with Crippen LogP contribution >= 0.6 is 11.6 Å². The first kappa shape index (κ1) is 16.0. The van der Waals surface area contributed by atoms with Crippen LogP contribution in [0, 0.1) is 0 Å². The molecule has 0 spiro atoms. The number of carbonyl (C=O) groups excluding carboxylic acids is 1. The monoisotopic (exact) mass is 360 g/mol. The molecule has 0 saturated heterocycles. The molecule has 4 heterocycles. The smallest absolute Gasteiger partial charge is 0.272 e. The molecule has 0 bridgehead atoms. The summed E-state index contributed by atoms with van der Waals surface area (Å²) in [6, 6.07) is 3.55. The summed E-state index contributed by atoms with van der Waals surface area (Å²) in [6.07, 6.45) is 2.41. The van der Waals surface area contributed by atoms with Gasteiger partial charge in [-0.3, -0.25) is 14.3 Å². The molecule has 1 amide bonds. The number of amides is 1. The maximum atomic E-state index is 12.6. The highest BCUT2D eigenvalue weighted by Gasteiger charge is 2.29. The molecule has 9 heteroatoms. The number of pyridine rings is 1. The van der Waals surface area contributed by atoms with Gasteiger partial charge in [0.25, 0.3) is 5.91 Å². The van der Waals surface area contributed by atoms with Crippen LogP contribution in [0.1, 0.15) is 47.5 Å². The molecule has 25 heavy (non-hydrogen) atoms. The van der Waals surface area contributed by atoms with Crippen molar-refractivity contribution in [3.8, 4) is 0 Å². The normalized spacial score (nSPS) is 19.8. The Morgan fingerprint density at radius 3 is 3.16 bits per heavy atom. The maximum Gasteiger partial charge on any atom is 0.272 e. The molecule has 0 saturated carbocycles. The number of fused-ring (bicyclic) bond motifs is 2. The van der Waals surface area contributed by atoms with Crippen LogP contribution in [0.3, 0.4) is 0 Å². The van der Waals surface area contributed by atoms with Crippen molar-refractivity contribution in [2.75, 3.05) is 0 Å².